The van der Waals surface area contributed by atoms with Crippen LogP contribution < -0.4 is 0 Å². The maximum atomic E-state index is 15.0. The average Bonchev–Trinajstić information content (AvgIpc) is 2.43. The second-order valence-electron chi connectivity index (χ2n) is 4.38. The van der Waals surface area contributed by atoms with Crippen molar-refractivity contribution in [1.29, 1.82) is 0 Å². The van der Waals surface area contributed by atoms with Gasteiger partial charge in [0.2, 0.25) is 6.54 Å². The van der Waals surface area contributed by atoms with Crippen LogP contribution in [0.25, 0.3) is 0 Å². The summed E-state index contributed by atoms with van der Waals surface area (Å²) >= 11 is 3.18. The summed E-state index contributed by atoms with van der Waals surface area (Å²) in [6.07, 6.45) is 0. The molecule has 1 aromatic rings. The highest BCUT2D eigenvalue weighted by molar-refractivity contribution is 9.10. The quantitative estimate of drug-likeness (QED) is 0.335. The van der Waals surface area contributed by atoms with Crippen molar-refractivity contribution in [2.24, 2.45) is 0 Å². The van der Waals surface area contributed by atoms with Gasteiger partial charge in [-0.2, -0.15) is 0 Å². The molecule has 0 saturated carbocycles. The van der Waals surface area contributed by atoms with E-state index in [4.69, 9.17) is 0 Å². The van der Waals surface area contributed by atoms with Crippen LogP contribution in [0, 0.1) is 10.1 Å². The summed E-state index contributed by atoms with van der Waals surface area (Å²) < 4.78 is 20.0. The molecule has 0 saturated heterocycles. The smallest absolute Gasteiger partial charge is 0.352 e. The number of halogens is 2. The van der Waals surface area contributed by atoms with E-state index in [1.807, 2.05) is 0 Å². The average molecular weight is 362 g/mol. The summed E-state index contributed by atoms with van der Waals surface area (Å²) in [6, 6.07) is 5.91. The van der Waals surface area contributed by atoms with Gasteiger partial charge in [0.1, 0.15) is 5.92 Å². The molecule has 0 bridgehead atoms. The molecule has 0 aliphatic heterocycles. The molecule has 1 aromatic carbocycles. The van der Waals surface area contributed by atoms with Gasteiger partial charge in [-0.25, -0.2) is 9.18 Å². The van der Waals surface area contributed by atoms with E-state index in [-0.39, 0.29) is 5.56 Å². The van der Waals surface area contributed by atoms with Gasteiger partial charge in [-0.05, 0) is 24.6 Å². The Morgan fingerprint density at radius 2 is 1.95 bits per heavy atom. The predicted molar refractivity (Wildman–Crippen MR) is 75.3 cm³/mol. The van der Waals surface area contributed by atoms with Crippen LogP contribution in [0.4, 0.5) is 4.39 Å². The molecule has 0 aliphatic carbocycles. The first-order valence-electron chi connectivity index (χ1n) is 5.89. The van der Waals surface area contributed by atoms with Crippen molar-refractivity contribution in [1.82, 2.24) is 0 Å². The number of carbonyl (C=O) groups is 2. The number of methoxy groups -OCH3 is 1. The fourth-order valence-electron chi connectivity index (χ4n) is 1.98. The van der Waals surface area contributed by atoms with Crippen LogP contribution in [0.2, 0.25) is 0 Å². The summed E-state index contributed by atoms with van der Waals surface area (Å²) in [6.45, 7) is -0.0461. The SMILES string of the molecule is COC(=O)[C@](F)(C(C)=O)[C@H](C[N+](=O)[O-])c1ccc(Br)cc1. The first-order chi connectivity index (χ1) is 9.73. The zero-order valence-electron chi connectivity index (χ0n) is 11.3. The van der Waals surface area contributed by atoms with Crippen LogP contribution >= 0.6 is 15.9 Å². The second-order valence-corrected chi connectivity index (χ2v) is 5.29. The molecule has 0 radical (unpaired) electrons. The van der Waals surface area contributed by atoms with E-state index in [0.29, 0.717) is 4.47 Å². The minimum Gasteiger partial charge on any atom is -0.466 e. The standard InChI is InChI=1S/C13H13BrFNO5/c1-8(17)13(15,12(18)21-2)11(7-16(19)20)9-3-5-10(14)6-4-9/h3-6,11H,7H2,1-2H3/t11-,13+/m1/s1. The van der Waals surface area contributed by atoms with Crippen molar-refractivity contribution >= 4 is 27.7 Å². The van der Waals surface area contributed by atoms with Crippen molar-refractivity contribution in [3.63, 3.8) is 0 Å². The maximum absolute atomic E-state index is 15.0. The third kappa shape index (κ3) is 3.63. The van der Waals surface area contributed by atoms with Crippen molar-refractivity contribution < 1.29 is 23.6 Å². The maximum Gasteiger partial charge on any atom is 0.352 e. The van der Waals surface area contributed by atoms with E-state index in [9.17, 15) is 24.1 Å². The zero-order chi connectivity index (χ0) is 16.2. The molecule has 21 heavy (non-hydrogen) atoms. The number of hydrogen-bond donors (Lipinski definition) is 0. The lowest BCUT2D eigenvalue weighted by atomic mass is 9.81. The van der Waals surface area contributed by atoms with E-state index in [1.54, 1.807) is 12.1 Å². The Balaban J connectivity index is 3.40. The highest BCUT2D eigenvalue weighted by Crippen LogP contribution is 2.35. The molecule has 0 N–H and O–H groups in total. The molecule has 0 heterocycles. The molecular weight excluding hydrogens is 349 g/mol. The molecule has 114 valence electrons. The van der Waals surface area contributed by atoms with Gasteiger partial charge in [0.25, 0.3) is 5.67 Å². The molecular formula is C13H13BrFNO5. The highest BCUT2D eigenvalue weighted by Gasteiger charge is 2.55. The largest absolute Gasteiger partial charge is 0.466 e. The van der Waals surface area contributed by atoms with Crippen LogP contribution in [0.1, 0.15) is 18.4 Å². The van der Waals surface area contributed by atoms with Gasteiger partial charge in [-0.3, -0.25) is 14.9 Å². The number of ketones is 1. The Morgan fingerprint density at radius 3 is 2.33 bits per heavy atom. The Hall–Kier alpha value is -1.83. The van der Waals surface area contributed by atoms with Gasteiger partial charge < -0.3 is 4.74 Å². The number of esters is 1. The van der Waals surface area contributed by atoms with Crippen LogP contribution in [0.15, 0.2) is 28.7 Å². The Kier molecular flexibility index (Phi) is 5.54. The lowest BCUT2D eigenvalue weighted by Crippen LogP contribution is -2.49. The molecule has 0 fully saturated rings. The minimum atomic E-state index is -3.10. The van der Waals surface area contributed by atoms with Gasteiger partial charge in [-0.1, -0.05) is 28.1 Å². The zero-order valence-corrected chi connectivity index (χ0v) is 12.9. The van der Waals surface area contributed by atoms with Gasteiger partial charge in [-0.15, -0.1) is 0 Å². The second kappa shape index (κ2) is 6.75. The van der Waals surface area contributed by atoms with E-state index in [0.717, 1.165) is 14.0 Å². The number of alkyl halides is 1. The molecule has 0 aliphatic rings. The van der Waals surface area contributed by atoms with Crippen LogP contribution in [-0.4, -0.2) is 36.0 Å². The van der Waals surface area contributed by atoms with Crippen molar-refractivity contribution in [2.75, 3.05) is 13.7 Å². The van der Waals surface area contributed by atoms with Gasteiger partial charge in [0.15, 0.2) is 5.78 Å². The van der Waals surface area contributed by atoms with Crippen LogP contribution in [-0.2, 0) is 14.3 Å². The topological polar surface area (TPSA) is 86.5 Å². The molecule has 0 spiro atoms. The molecule has 0 unspecified atom stereocenters. The number of rotatable bonds is 6. The van der Waals surface area contributed by atoms with Crippen molar-refractivity contribution in [3.8, 4) is 0 Å². The van der Waals surface area contributed by atoms with Crippen molar-refractivity contribution in [2.45, 2.75) is 18.5 Å². The molecule has 8 heteroatoms. The fourth-order valence-corrected chi connectivity index (χ4v) is 2.25. The summed E-state index contributed by atoms with van der Waals surface area (Å²) in [4.78, 5) is 33.3. The van der Waals surface area contributed by atoms with E-state index in [1.165, 1.54) is 12.1 Å². The lowest BCUT2D eigenvalue weighted by Gasteiger charge is -2.27. The Morgan fingerprint density at radius 1 is 1.43 bits per heavy atom. The predicted octanol–water partition coefficient (Wildman–Crippen LogP) is 2.28. The van der Waals surface area contributed by atoms with Crippen LogP contribution in [0.5, 0.6) is 0 Å². The number of ether oxygens (including phenoxy) is 1. The first kappa shape index (κ1) is 17.2. The lowest BCUT2D eigenvalue weighted by molar-refractivity contribution is -0.485. The van der Waals surface area contributed by atoms with Gasteiger partial charge >= 0.3 is 5.97 Å². The van der Waals surface area contributed by atoms with Crippen molar-refractivity contribution in [3.05, 3.63) is 44.4 Å². The third-order valence-electron chi connectivity index (χ3n) is 3.08. The Labute approximate surface area is 128 Å². The fraction of sp³-hybridized carbons (Fsp3) is 0.385. The van der Waals surface area contributed by atoms with Gasteiger partial charge in [0, 0.05) is 9.40 Å². The summed E-state index contributed by atoms with van der Waals surface area (Å²) in [5.41, 5.74) is -2.94. The summed E-state index contributed by atoms with van der Waals surface area (Å²) in [5.74, 6) is -4.14. The van der Waals surface area contributed by atoms with Gasteiger partial charge in [0.05, 0.1) is 7.11 Å². The number of carbonyl (C=O) groups excluding carboxylic acids is 2. The monoisotopic (exact) mass is 361 g/mol. The third-order valence-corrected chi connectivity index (χ3v) is 3.61. The highest BCUT2D eigenvalue weighted by atomic mass is 79.9. The molecule has 1 rings (SSSR count). The summed E-state index contributed by atoms with van der Waals surface area (Å²) in [5, 5.41) is 10.8. The number of nitrogens with zero attached hydrogens (tertiary/aromatic N) is 1. The molecule has 0 amide bonds. The van der Waals surface area contributed by atoms with E-state index >= 15 is 0 Å². The summed E-state index contributed by atoms with van der Waals surface area (Å²) in [7, 11) is 0.921. The molecule has 0 aromatic heterocycles. The first-order valence-corrected chi connectivity index (χ1v) is 6.68. The van der Waals surface area contributed by atoms with Crippen LogP contribution in [0.3, 0.4) is 0 Å². The minimum absolute atomic E-state index is 0.165. The normalized spacial score (nSPS) is 14.9. The molecule has 2 atom stereocenters. The van der Waals surface area contributed by atoms with E-state index in [2.05, 4.69) is 20.7 Å². The number of hydrogen-bond acceptors (Lipinski definition) is 5. The Bertz CT molecular complexity index is 562. The number of Topliss-reactive ketones (excluding diaryl/α,β-unsaturated/α-hetero) is 1. The van der Waals surface area contributed by atoms with E-state index < -0.39 is 34.8 Å². The molecule has 6 nitrogen and oxygen atoms in total. The number of nitro groups is 1. The number of benzene rings is 1.